The van der Waals surface area contributed by atoms with Gasteiger partial charge < -0.3 is 9.72 Å². The summed E-state index contributed by atoms with van der Waals surface area (Å²) in [6, 6.07) is 0.166. The van der Waals surface area contributed by atoms with E-state index in [1.165, 1.54) is 13.4 Å². The molecule has 0 fully saturated rings. The maximum Gasteiger partial charge on any atom is 0.298 e. The van der Waals surface area contributed by atoms with Gasteiger partial charge in [0, 0.05) is 0 Å². The lowest BCUT2D eigenvalue weighted by atomic mass is 10.5. The second kappa shape index (κ2) is 2.33. The van der Waals surface area contributed by atoms with Crippen molar-refractivity contribution >= 4 is 11.2 Å². The number of aromatic nitrogens is 4. The van der Waals surface area contributed by atoms with Gasteiger partial charge in [-0.15, -0.1) is 0 Å². The van der Waals surface area contributed by atoms with Crippen molar-refractivity contribution in [2.75, 3.05) is 7.11 Å². The van der Waals surface area contributed by atoms with Gasteiger partial charge in [-0.1, -0.05) is 0 Å². The number of rotatable bonds is 1. The number of methoxy groups -OCH3 is 1. The molecule has 0 bridgehead atoms. The molecule has 0 aliphatic heterocycles. The maximum absolute atomic E-state index is 11.2. The van der Waals surface area contributed by atoms with Crippen LogP contribution in [0.4, 0.5) is 0 Å². The Kier molecular flexibility index (Phi) is 1.33. The number of aromatic amines is 2. The van der Waals surface area contributed by atoms with Crippen LogP contribution in [0.25, 0.3) is 11.2 Å². The molecule has 0 amide bonds. The van der Waals surface area contributed by atoms with Crippen molar-refractivity contribution in [2.24, 2.45) is 0 Å². The summed E-state index contributed by atoms with van der Waals surface area (Å²) in [5, 5.41) is 0. The first-order valence-electron chi connectivity index (χ1n) is 3.28. The summed E-state index contributed by atoms with van der Waals surface area (Å²) < 4.78 is 4.75. The van der Waals surface area contributed by atoms with Gasteiger partial charge in [-0.25, -0.2) is 4.98 Å². The van der Waals surface area contributed by atoms with Crippen LogP contribution < -0.4 is 10.3 Å². The lowest BCUT2D eigenvalue weighted by Crippen LogP contribution is -2.09. The van der Waals surface area contributed by atoms with Crippen LogP contribution in [-0.4, -0.2) is 27.0 Å². The molecule has 0 aromatic carbocycles. The number of hydrogen-bond acceptors (Lipinski definition) is 4. The van der Waals surface area contributed by atoms with E-state index in [1.807, 2.05) is 0 Å². The SMILES string of the molecule is COc1nc2nc[nH]c2c(=O)[nH]1. The minimum atomic E-state index is -0.283. The summed E-state index contributed by atoms with van der Waals surface area (Å²) in [5.74, 6) is 0. The van der Waals surface area contributed by atoms with E-state index < -0.39 is 0 Å². The summed E-state index contributed by atoms with van der Waals surface area (Å²) in [6.07, 6.45) is 1.41. The average Bonchev–Trinajstić information content (AvgIpc) is 2.52. The van der Waals surface area contributed by atoms with Gasteiger partial charge in [0.2, 0.25) is 0 Å². The van der Waals surface area contributed by atoms with E-state index >= 15 is 0 Å². The van der Waals surface area contributed by atoms with E-state index in [2.05, 4.69) is 19.9 Å². The molecular weight excluding hydrogens is 160 g/mol. The Morgan fingerprint density at radius 2 is 2.42 bits per heavy atom. The molecule has 0 aliphatic carbocycles. The van der Waals surface area contributed by atoms with Crippen LogP contribution in [0.1, 0.15) is 0 Å². The van der Waals surface area contributed by atoms with Crippen LogP contribution in [0, 0.1) is 0 Å². The van der Waals surface area contributed by atoms with E-state index in [9.17, 15) is 4.79 Å². The van der Waals surface area contributed by atoms with Crippen molar-refractivity contribution in [3.63, 3.8) is 0 Å². The van der Waals surface area contributed by atoms with Crippen LogP contribution >= 0.6 is 0 Å². The van der Waals surface area contributed by atoms with Crippen molar-refractivity contribution in [1.82, 2.24) is 19.9 Å². The molecule has 0 spiro atoms. The molecular formula is C6H6N4O2. The lowest BCUT2D eigenvalue weighted by molar-refractivity contribution is 0.380. The molecule has 2 aromatic heterocycles. The molecule has 0 radical (unpaired) electrons. The minimum absolute atomic E-state index is 0.166. The number of H-pyrrole nitrogens is 2. The van der Waals surface area contributed by atoms with Crippen LogP contribution in [0.15, 0.2) is 11.1 Å². The van der Waals surface area contributed by atoms with E-state index in [-0.39, 0.29) is 11.6 Å². The number of ether oxygens (including phenoxy) is 1. The third-order valence-corrected chi connectivity index (χ3v) is 1.47. The van der Waals surface area contributed by atoms with Gasteiger partial charge in [0.15, 0.2) is 11.2 Å². The summed E-state index contributed by atoms with van der Waals surface area (Å²) >= 11 is 0. The molecule has 12 heavy (non-hydrogen) atoms. The van der Waals surface area contributed by atoms with Gasteiger partial charge in [-0.05, 0) is 0 Å². The second-order valence-electron chi connectivity index (χ2n) is 2.18. The van der Waals surface area contributed by atoms with E-state index in [1.54, 1.807) is 0 Å². The predicted octanol–water partition coefficient (Wildman–Crippen LogP) is -0.345. The molecule has 6 nitrogen and oxygen atoms in total. The Balaban J connectivity index is 2.84. The number of hydrogen-bond donors (Lipinski definition) is 2. The Morgan fingerprint density at radius 3 is 3.17 bits per heavy atom. The van der Waals surface area contributed by atoms with Gasteiger partial charge >= 0.3 is 0 Å². The van der Waals surface area contributed by atoms with Crippen molar-refractivity contribution in [3.05, 3.63) is 16.7 Å². The smallest absolute Gasteiger partial charge is 0.298 e. The van der Waals surface area contributed by atoms with Gasteiger partial charge in [-0.3, -0.25) is 9.78 Å². The molecule has 0 saturated heterocycles. The van der Waals surface area contributed by atoms with Gasteiger partial charge in [0.25, 0.3) is 11.6 Å². The molecule has 0 aliphatic rings. The first-order chi connectivity index (χ1) is 5.81. The Bertz CT molecular complexity index is 458. The molecule has 0 saturated carbocycles. The highest BCUT2D eigenvalue weighted by molar-refractivity contribution is 5.68. The van der Waals surface area contributed by atoms with E-state index in [0.717, 1.165) is 0 Å². The molecule has 0 unspecified atom stereocenters. The predicted molar refractivity (Wildman–Crippen MR) is 41.1 cm³/mol. The Hall–Kier alpha value is -1.85. The van der Waals surface area contributed by atoms with Crippen LogP contribution in [0.2, 0.25) is 0 Å². The minimum Gasteiger partial charge on any atom is -0.468 e. The van der Waals surface area contributed by atoms with Gasteiger partial charge in [-0.2, -0.15) is 4.98 Å². The lowest BCUT2D eigenvalue weighted by Gasteiger charge is -1.95. The zero-order chi connectivity index (χ0) is 8.55. The average molecular weight is 166 g/mol. The number of nitrogens with one attached hydrogen (secondary N) is 2. The number of imidazole rings is 1. The molecule has 2 aromatic rings. The van der Waals surface area contributed by atoms with Crippen molar-refractivity contribution in [3.8, 4) is 6.01 Å². The Labute approximate surface area is 66.6 Å². The van der Waals surface area contributed by atoms with E-state index in [0.29, 0.717) is 11.2 Å². The van der Waals surface area contributed by atoms with Crippen molar-refractivity contribution < 1.29 is 4.74 Å². The monoisotopic (exact) mass is 166 g/mol. The third-order valence-electron chi connectivity index (χ3n) is 1.47. The summed E-state index contributed by atoms with van der Waals surface area (Å²) in [5.41, 5.74) is 0.431. The van der Waals surface area contributed by atoms with Crippen LogP contribution in [-0.2, 0) is 0 Å². The highest BCUT2D eigenvalue weighted by atomic mass is 16.5. The fraction of sp³-hybridized carbons (Fsp3) is 0.167. The molecule has 62 valence electrons. The highest BCUT2D eigenvalue weighted by Gasteiger charge is 2.04. The van der Waals surface area contributed by atoms with Crippen molar-refractivity contribution in [2.45, 2.75) is 0 Å². The van der Waals surface area contributed by atoms with E-state index in [4.69, 9.17) is 4.74 Å². The number of nitrogens with zero attached hydrogens (tertiary/aromatic N) is 2. The molecule has 0 atom stereocenters. The zero-order valence-electron chi connectivity index (χ0n) is 6.29. The highest BCUT2D eigenvalue weighted by Crippen LogP contribution is 2.03. The largest absolute Gasteiger partial charge is 0.468 e. The standard InChI is InChI=1S/C6H6N4O2/c1-12-6-9-4-3(5(11)10-6)7-2-8-4/h2H,1H3,(H2,7,8,9,10,11). The summed E-state index contributed by atoms with van der Waals surface area (Å²) in [6.45, 7) is 0. The second-order valence-corrected chi connectivity index (χ2v) is 2.18. The maximum atomic E-state index is 11.2. The fourth-order valence-electron chi connectivity index (χ4n) is 0.919. The fourth-order valence-corrected chi connectivity index (χ4v) is 0.919. The molecule has 2 rings (SSSR count). The Morgan fingerprint density at radius 1 is 1.58 bits per heavy atom. The first kappa shape index (κ1) is 6.84. The zero-order valence-corrected chi connectivity index (χ0v) is 6.29. The summed E-state index contributed by atoms with van der Waals surface area (Å²) in [4.78, 5) is 24.0. The first-order valence-corrected chi connectivity index (χ1v) is 3.28. The third kappa shape index (κ3) is 0.849. The molecule has 2 heterocycles. The molecule has 6 heteroatoms. The topological polar surface area (TPSA) is 83.7 Å². The van der Waals surface area contributed by atoms with Gasteiger partial charge in [0.05, 0.1) is 13.4 Å². The quantitative estimate of drug-likeness (QED) is 0.606. The summed E-state index contributed by atoms with van der Waals surface area (Å²) in [7, 11) is 1.43. The van der Waals surface area contributed by atoms with Crippen LogP contribution in [0.3, 0.4) is 0 Å². The molecule has 2 N–H and O–H groups in total. The van der Waals surface area contributed by atoms with Crippen LogP contribution in [0.5, 0.6) is 6.01 Å². The normalized spacial score (nSPS) is 10.4. The van der Waals surface area contributed by atoms with Gasteiger partial charge in [0.1, 0.15) is 0 Å². The van der Waals surface area contributed by atoms with Crippen molar-refractivity contribution in [1.29, 1.82) is 0 Å². The number of fused-ring (bicyclic) bond motifs is 1.